The number of fused-ring (bicyclic) bond motifs is 1. The summed E-state index contributed by atoms with van der Waals surface area (Å²) in [4.78, 5) is 9.58. The molecule has 0 amide bonds. The molecule has 2 heterocycles. The van der Waals surface area contributed by atoms with Crippen molar-refractivity contribution in [1.29, 1.82) is 0 Å². The quantitative estimate of drug-likeness (QED) is 0.345. The third kappa shape index (κ3) is 3.31. The van der Waals surface area contributed by atoms with Gasteiger partial charge in [0.15, 0.2) is 5.82 Å². The molecule has 2 N–H and O–H groups in total. The maximum Gasteiger partial charge on any atom is 0.159 e. The number of phenolic OH excluding ortho intramolecular Hbond substituents is 1. The first kappa shape index (κ1) is 16.7. The second kappa shape index (κ2) is 7.23. The molecule has 0 aliphatic carbocycles. The third-order valence-corrected chi connectivity index (χ3v) is 5.20. The van der Waals surface area contributed by atoms with Gasteiger partial charge in [0.1, 0.15) is 16.9 Å². The number of hydrazone groups is 1. The van der Waals surface area contributed by atoms with E-state index in [-0.39, 0.29) is 5.75 Å². The predicted molar refractivity (Wildman–Crippen MR) is 110 cm³/mol. The molecule has 0 unspecified atom stereocenters. The fourth-order valence-corrected chi connectivity index (χ4v) is 3.88. The Hall–Kier alpha value is -2.77. The molecule has 0 radical (unpaired) electrons. The molecule has 0 aliphatic heterocycles. The van der Waals surface area contributed by atoms with E-state index in [4.69, 9.17) is 0 Å². The number of benzene rings is 2. The SMILES string of the molecule is Oc1ccc(Br)cc1/C=N/Nc1ncnc2scc(-c3ccccc3)c12. The monoisotopic (exact) mass is 424 g/mol. The molecule has 0 aliphatic rings. The first-order chi connectivity index (χ1) is 12.7. The number of thiophene rings is 1. The van der Waals surface area contributed by atoms with Crippen molar-refractivity contribution < 1.29 is 5.11 Å². The van der Waals surface area contributed by atoms with E-state index in [1.165, 1.54) is 6.33 Å². The molecular formula is C19H13BrN4OS. The van der Waals surface area contributed by atoms with Crippen molar-refractivity contribution >= 4 is 49.5 Å². The van der Waals surface area contributed by atoms with Gasteiger partial charge < -0.3 is 5.11 Å². The number of aromatic hydroxyl groups is 1. The summed E-state index contributed by atoms with van der Waals surface area (Å²) in [6.45, 7) is 0. The summed E-state index contributed by atoms with van der Waals surface area (Å²) < 4.78 is 0.866. The Labute approximate surface area is 162 Å². The van der Waals surface area contributed by atoms with E-state index >= 15 is 0 Å². The second-order valence-electron chi connectivity index (χ2n) is 5.49. The van der Waals surface area contributed by atoms with Crippen LogP contribution in [-0.2, 0) is 0 Å². The van der Waals surface area contributed by atoms with E-state index in [0.29, 0.717) is 11.4 Å². The molecule has 5 nitrogen and oxygen atoms in total. The van der Waals surface area contributed by atoms with Crippen LogP contribution in [0.3, 0.4) is 0 Å². The Kier molecular flexibility index (Phi) is 4.64. The van der Waals surface area contributed by atoms with Crippen LogP contribution in [0.2, 0.25) is 0 Å². The van der Waals surface area contributed by atoms with E-state index in [9.17, 15) is 5.11 Å². The van der Waals surface area contributed by atoms with Gasteiger partial charge in [-0.1, -0.05) is 46.3 Å². The first-order valence-corrected chi connectivity index (χ1v) is 9.45. The number of nitrogens with zero attached hydrogens (tertiary/aromatic N) is 3. The van der Waals surface area contributed by atoms with Crippen LogP contribution in [0.25, 0.3) is 21.3 Å². The minimum absolute atomic E-state index is 0.159. The van der Waals surface area contributed by atoms with Crippen molar-refractivity contribution in [2.45, 2.75) is 0 Å². The summed E-state index contributed by atoms with van der Waals surface area (Å²) in [5.74, 6) is 0.785. The van der Waals surface area contributed by atoms with Gasteiger partial charge >= 0.3 is 0 Å². The van der Waals surface area contributed by atoms with Crippen LogP contribution in [0, 0.1) is 0 Å². The van der Waals surface area contributed by atoms with Crippen molar-refractivity contribution in [2.24, 2.45) is 5.10 Å². The number of nitrogens with one attached hydrogen (secondary N) is 1. The summed E-state index contributed by atoms with van der Waals surface area (Å²) >= 11 is 4.95. The van der Waals surface area contributed by atoms with Gasteiger partial charge in [-0.25, -0.2) is 9.97 Å². The Balaban J connectivity index is 1.70. The summed E-state index contributed by atoms with van der Waals surface area (Å²) in [5, 5.41) is 17.1. The zero-order valence-electron chi connectivity index (χ0n) is 13.4. The van der Waals surface area contributed by atoms with Crippen LogP contribution in [0.1, 0.15) is 5.56 Å². The van der Waals surface area contributed by atoms with Gasteiger partial charge in [0, 0.05) is 21.0 Å². The summed E-state index contributed by atoms with van der Waals surface area (Å²) in [5.41, 5.74) is 5.75. The highest BCUT2D eigenvalue weighted by Gasteiger charge is 2.12. The van der Waals surface area contributed by atoms with E-state index in [1.54, 1.807) is 35.8 Å². The van der Waals surface area contributed by atoms with Crippen LogP contribution in [-0.4, -0.2) is 21.3 Å². The highest BCUT2D eigenvalue weighted by molar-refractivity contribution is 9.10. The van der Waals surface area contributed by atoms with Crippen molar-refractivity contribution in [3.8, 4) is 16.9 Å². The fraction of sp³-hybridized carbons (Fsp3) is 0. The minimum atomic E-state index is 0.159. The number of hydrogen-bond acceptors (Lipinski definition) is 6. The highest BCUT2D eigenvalue weighted by atomic mass is 79.9. The Morgan fingerprint density at radius 2 is 1.96 bits per heavy atom. The van der Waals surface area contributed by atoms with Gasteiger partial charge in [0.2, 0.25) is 0 Å². The zero-order valence-corrected chi connectivity index (χ0v) is 15.8. The molecule has 0 fully saturated rings. The fourth-order valence-electron chi connectivity index (χ4n) is 2.58. The van der Waals surface area contributed by atoms with E-state index < -0.39 is 0 Å². The van der Waals surface area contributed by atoms with Crippen LogP contribution in [0.4, 0.5) is 5.82 Å². The number of hydrogen-bond donors (Lipinski definition) is 2. The van der Waals surface area contributed by atoms with Gasteiger partial charge in [-0.05, 0) is 23.8 Å². The van der Waals surface area contributed by atoms with Crippen LogP contribution < -0.4 is 5.43 Å². The van der Waals surface area contributed by atoms with Gasteiger partial charge in [-0.15, -0.1) is 11.3 Å². The molecule has 4 aromatic rings. The van der Waals surface area contributed by atoms with E-state index in [2.05, 4.69) is 53.9 Å². The largest absolute Gasteiger partial charge is 0.507 e. The highest BCUT2D eigenvalue weighted by Crippen LogP contribution is 2.36. The second-order valence-corrected chi connectivity index (χ2v) is 7.26. The minimum Gasteiger partial charge on any atom is -0.507 e. The third-order valence-electron chi connectivity index (χ3n) is 3.82. The molecular weight excluding hydrogens is 412 g/mol. The van der Waals surface area contributed by atoms with Crippen molar-refractivity contribution in [3.63, 3.8) is 0 Å². The number of anilines is 1. The summed E-state index contributed by atoms with van der Waals surface area (Å²) in [6, 6.07) is 15.3. The molecule has 2 aromatic heterocycles. The lowest BCUT2D eigenvalue weighted by Gasteiger charge is -2.05. The Morgan fingerprint density at radius 3 is 2.81 bits per heavy atom. The standard InChI is InChI=1S/C19H13BrN4OS/c20-14-6-7-16(25)13(8-14)9-23-24-18-17-15(12-4-2-1-3-5-12)10-26-19(17)22-11-21-18/h1-11,25H,(H,21,22,24)/b23-9+. The lowest BCUT2D eigenvalue weighted by molar-refractivity contribution is 0.474. The molecule has 7 heteroatoms. The van der Waals surface area contributed by atoms with Crippen molar-refractivity contribution in [2.75, 3.05) is 5.43 Å². The number of halogens is 1. The molecule has 0 atom stereocenters. The number of phenols is 1. The number of aromatic nitrogens is 2. The average molecular weight is 425 g/mol. The summed E-state index contributed by atoms with van der Waals surface area (Å²) in [6.07, 6.45) is 3.07. The van der Waals surface area contributed by atoms with Gasteiger partial charge in [-0.3, -0.25) is 5.43 Å². The van der Waals surface area contributed by atoms with Gasteiger partial charge in [0.05, 0.1) is 11.6 Å². The first-order valence-electron chi connectivity index (χ1n) is 7.77. The Bertz CT molecular complexity index is 1100. The maximum absolute atomic E-state index is 9.90. The van der Waals surface area contributed by atoms with Crippen LogP contribution >= 0.6 is 27.3 Å². The van der Waals surface area contributed by atoms with Crippen molar-refractivity contribution in [1.82, 2.24) is 9.97 Å². The molecule has 4 rings (SSSR count). The molecule has 0 spiro atoms. The van der Waals surface area contributed by atoms with Crippen LogP contribution in [0.15, 0.2) is 69.8 Å². The Morgan fingerprint density at radius 1 is 1.12 bits per heavy atom. The molecule has 0 saturated carbocycles. The maximum atomic E-state index is 9.90. The lowest BCUT2D eigenvalue weighted by Crippen LogP contribution is -1.95. The molecule has 0 saturated heterocycles. The zero-order chi connectivity index (χ0) is 17.9. The normalized spacial score (nSPS) is 11.3. The molecule has 2 aromatic carbocycles. The predicted octanol–water partition coefficient (Wildman–Crippen LogP) is 5.27. The van der Waals surface area contributed by atoms with E-state index in [0.717, 1.165) is 25.8 Å². The smallest absolute Gasteiger partial charge is 0.159 e. The van der Waals surface area contributed by atoms with Crippen molar-refractivity contribution in [3.05, 3.63) is 70.3 Å². The van der Waals surface area contributed by atoms with Gasteiger partial charge in [-0.2, -0.15) is 5.10 Å². The van der Waals surface area contributed by atoms with Crippen LogP contribution in [0.5, 0.6) is 5.75 Å². The average Bonchev–Trinajstić information content (AvgIpc) is 3.10. The molecule has 128 valence electrons. The summed E-state index contributed by atoms with van der Waals surface area (Å²) in [7, 11) is 0. The molecule has 26 heavy (non-hydrogen) atoms. The number of rotatable bonds is 4. The van der Waals surface area contributed by atoms with E-state index in [1.807, 2.05) is 18.2 Å². The lowest BCUT2D eigenvalue weighted by atomic mass is 10.1. The van der Waals surface area contributed by atoms with Gasteiger partial charge in [0.25, 0.3) is 0 Å². The topological polar surface area (TPSA) is 70.4 Å². The molecule has 0 bridgehead atoms.